The van der Waals surface area contributed by atoms with Crippen LogP contribution in [0.15, 0.2) is 0 Å². The average molecular weight is 155 g/mol. The minimum absolute atomic E-state index is 0. The largest absolute Gasteiger partial charge is 0.542 e. The molecule has 0 aromatic heterocycles. The predicted molar refractivity (Wildman–Crippen MR) is 25.6 cm³/mol. The third-order valence-electron chi connectivity index (χ3n) is 0.579. The van der Waals surface area contributed by atoms with Crippen molar-refractivity contribution in [3.05, 3.63) is 0 Å². The SMILES string of the molecule is CC(=O)CC[C-]=O.[Fe]. The minimum atomic E-state index is 0. The van der Waals surface area contributed by atoms with E-state index in [4.69, 9.17) is 0 Å². The van der Waals surface area contributed by atoms with E-state index in [1.165, 1.54) is 6.92 Å². The van der Waals surface area contributed by atoms with Gasteiger partial charge in [0.15, 0.2) is 0 Å². The van der Waals surface area contributed by atoms with E-state index in [0.717, 1.165) is 0 Å². The van der Waals surface area contributed by atoms with Crippen molar-refractivity contribution >= 4 is 12.1 Å². The fraction of sp³-hybridized carbons (Fsp3) is 0.600. The molecule has 8 heavy (non-hydrogen) atoms. The van der Waals surface area contributed by atoms with Gasteiger partial charge < -0.3 is 9.59 Å². The molecule has 0 amide bonds. The summed E-state index contributed by atoms with van der Waals surface area (Å²) in [5.74, 6) is 0.0448. The van der Waals surface area contributed by atoms with Crippen LogP contribution in [-0.4, -0.2) is 12.1 Å². The van der Waals surface area contributed by atoms with E-state index in [9.17, 15) is 9.59 Å². The molecule has 0 aliphatic carbocycles. The maximum absolute atomic E-state index is 10.0. The topological polar surface area (TPSA) is 34.1 Å². The zero-order valence-electron chi connectivity index (χ0n) is 4.58. The standard InChI is InChI=1S/C5H7O2.Fe/c1-5(7)3-2-4-6;/h2-3H2,1H3;/q-1;. The number of hydrogen-bond donors (Lipinski definition) is 0. The van der Waals surface area contributed by atoms with E-state index >= 15 is 0 Å². The molecular weight excluding hydrogens is 148 g/mol. The minimum Gasteiger partial charge on any atom is -0.542 e. The zero-order chi connectivity index (χ0) is 5.70. The maximum Gasteiger partial charge on any atom is 0.127 e. The van der Waals surface area contributed by atoms with Crippen molar-refractivity contribution in [2.75, 3.05) is 0 Å². The molecule has 0 rings (SSSR count). The normalized spacial score (nSPS) is 7.12. The molecule has 48 valence electrons. The van der Waals surface area contributed by atoms with Crippen LogP contribution >= 0.6 is 0 Å². The second-order valence-electron chi connectivity index (χ2n) is 1.35. The molecule has 0 fully saturated rings. The average Bonchev–Trinajstić information content (AvgIpc) is 1.61. The molecule has 0 saturated heterocycles. The molecular formula is C5H7FeO2-. The molecule has 0 heterocycles. The second kappa shape index (κ2) is 6.86. The van der Waals surface area contributed by atoms with E-state index in [0.29, 0.717) is 6.42 Å². The summed E-state index contributed by atoms with van der Waals surface area (Å²) in [7, 11) is 0. The van der Waals surface area contributed by atoms with Gasteiger partial charge in [-0.3, -0.25) is 6.29 Å². The van der Waals surface area contributed by atoms with Gasteiger partial charge in [0.25, 0.3) is 0 Å². The van der Waals surface area contributed by atoms with Crippen LogP contribution in [0.5, 0.6) is 0 Å². The Morgan fingerprint density at radius 2 is 2.12 bits per heavy atom. The summed E-state index contributed by atoms with van der Waals surface area (Å²) in [6.45, 7) is 1.46. The summed E-state index contributed by atoms with van der Waals surface area (Å²) >= 11 is 0. The Labute approximate surface area is 59.1 Å². The fourth-order valence-electron chi connectivity index (χ4n) is 0.227. The molecule has 0 aliphatic heterocycles. The second-order valence-corrected chi connectivity index (χ2v) is 1.35. The Morgan fingerprint density at radius 1 is 1.62 bits per heavy atom. The number of carbonyl (C=O) groups is 1. The molecule has 0 saturated carbocycles. The molecule has 0 bridgehead atoms. The molecule has 0 aromatic rings. The van der Waals surface area contributed by atoms with Gasteiger partial charge in [-0.25, -0.2) is 0 Å². The molecule has 0 aromatic carbocycles. The first-order valence-electron chi connectivity index (χ1n) is 2.12. The third-order valence-corrected chi connectivity index (χ3v) is 0.579. The van der Waals surface area contributed by atoms with Crippen molar-refractivity contribution in [3.8, 4) is 0 Å². The third kappa shape index (κ3) is 9.29. The molecule has 0 aliphatic rings. The Bertz CT molecular complexity index is 80.5. The van der Waals surface area contributed by atoms with Crippen LogP contribution in [0.25, 0.3) is 0 Å². The maximum atomic E-state index is 10.0. The van der Waals surface area contributed by atoms with E-state index in [1.54, 1.807) is 6.29 Å². The Balaban J connectivity index is 0. The summed E-state index contributed by atoms with van der Waals surface area (Å²) in [6, 6.07) is 0. The van der Waals surface area contributed by atoms with Crippen LogP contribution in [0.2, 0.25) is 0 Å². The Kier molecular flexibility index (Phi) is 9.24. The van der Waals surface area contributed by atoms with Crippen LogP contribution in [0.1, 0.15) is 19.8 Å². The number of ketones is 1. The number of rotatable bonds is 3. The van der Waals surface area contributed by atoms with Crippen molar-refractivity contribution in [2.45, 2.75) is 19.8 Å². The van der Waals surface area contributed by atoms with E-state index in [1.807, 2.05) is 0 Å². The Morgan fingerprint density at radius 3 is 2.25 bits per heavy atom. The first-order chi connectivity index (χ1) is 3.27. The smallest absolute Gasteiger partial charge is 0.127 e. The van der Waals surface area contributed by atoms with Gasteiger partial charge >= 0.3 is 0 Å². The van der Waals surface area contributed by atoms with Crippen LogP contribution < -0.4 is 0 Å². The summed E-state index contributed by atoms with van der Waals surface area (Å²) < 4.78 is 0. The molecule has 2 nitrogen and oxygen atoms in total. The molecule has 0 spiro atoms. The van der Waals surface area contributed by atoms with Crippen molar-refractivity contribution in [1.29, 1.82) is 0 Å². The van der Waals surface area contributed by atoms with Gasteiger partial charge in [0, 0.05) is 17.1 Å². The molecule has 3 heteroatoms. The van der Waals surface area contributed by atoms with E-state index in [-0.39, 0.29) is 29.3 Å². The van der Waals surface area contributed by atoms with Crippen LogP contribution in [0.4, 0.5) is 0 Å². The van der Waals surface area contributed by atoms with Crippen molar-refractivity contribution in [3.63, 3.8) is 0 Å². The summed E-state index contributed by atoms with van der Waals surface area (Å²) in [6.07, 6.45) is 2.21. The first kappa shape index (κ1) is 10.8. The van der Waals surface area contributed by atoms with Crippen molar-refractivity contribution < 1.29 is 26.7 Å². The molecule has 0 radical (unpaired) electrons. The van der Waals surface area contributed by atoms with Crippen LogP contribution in [-0.2, 0) is 26.7 Å². The van der Waals surface area contributed by atoms with Crippen LogP contribution in [0, 0.1) is 0 Å². The summed E-state index contributed by atoms with van der Waals surface area (Å²) in [4.78, 5) is 19.5. The van der Waals surface area contributed by atoms with Gasteiger partial charge in [0.1, 0.15) is 5.78 Å². The van der Waals surface area contributed by atoms with Crippen molar-refractivity contribution in [1.82, 2.24) is 0 Å². The predicted octanol–water partition coefficient (Wildman–Crippen LogP) is 0.463. The number of Topliss-reactive ketones (excluding diaryl/α,β-unsaturated/α-hetero) is 1. The first-order valence-corrected chi connectivity index (χ1v) is 2.12. The Hall–Kier alpha value is -0.141. The summed E-state index contributed by atoms with van der Waals surface area (Å²) in [5, 5.41) is 0. The molecule has 0 unspecified atom stereocenters. The van der Waals surface area contributed by atoms with Gasteiger partial charge in [-0.1, -0.05) is 0 Å². The van der Waals surface area contributed by atoms with Gasteiger partial charge in [0.2, 0.25) is 0 Å². The van der Waals surface area contributed by atoms with Crippen LogP contribution in [0.3, 0.4) is 0 Å². The molecule has 0 N–H and O–H groups in total. The summed E-state index contributed by atoms with van der Waals surface area (Å²) in [5.41, 5.74) is 0. The van der Waals surface area contributed by atoms with E-state index < -0.39 is 0 Å². The zero-order valence-corrected chi connectivity index (χ0v) is 5.69. The van der Waals surface area contributed by atoms with Gasteiger partial charge in [-0.05, 0) is 13.3 Å². The van der Waals surface area contributed by atoms with Gasteiger partial charge in [-0.15, -0.1) is 6.42 Å². The number of carbonyl (C=O) groups excluding carboxylic acids is 2. The number of hydrogen-bond acceptors (Lipinski definition) is 2. The molecule has 0 atom stereocenters. The monoisotopic (exact) mass is 155 g/mol. The van der Waals surface area contributed by atoms with Crippen molar-refractivity contribution in [2.24, 2.45) is 0 Å². The fourth-order valence-corrected chi connectivity index (χ4v) is 0.227. The van der Waals surface area contributed by atoms with Gasteiger partial charge in [-0.2, -0.15) is 0 Å². The quantitative estimate of drug-likeness (QED) is 0.438. The van der Waals surface area contributed by atoms with E-state index in [2.05, 4.69) is 0 Å². The van der Waals surface area contributed by atoms with Gasteiger partial charge in [0.05, 0.1) is 0 Å².